The van der Waals surface area contributed by atoms with E-state index < -0.39 is 23.4 Å². The van der Waals surface area contributed by atoms with Crippen molar-refractivity contribution in [2.75, 3.05) is 0 Å². The number of hydrogen-bond acceptors (Lipinski definition) is 4. The second-order valence-corrected chi connectivity index (χ2v) is 19.2. The minimum absolute atomic E-state index is 0.122. The molecule has 0 bridgehead atoms. The average Bonchev–Trinajstić information content (AvgIpc) is 3.46. The summed E-state index contributed by atoms with van der Waals surface area (Å²) in [5.41, 5.74) is 1.58. The molecule has 4 saturated carbocycles. The zero-order chi connectivity index (χ0) is 38.4. The molecule has 9 atom stereocenters. The van der Waals surface area contributed by atoms with Crippen LogP contribution in [0.25, 0.3) is 5.57 Å². The Morgan fingerprint density at radius 3 is 1.96 bits per heavy atom. The van der Waals surface area contributed by atoms with Crippen molar-refractivity contribution < 1.29 is 30.0 Å². The number of benzene rings is 2. The minimum Gasteiger partial charge on any atom is -0.505 e. The van der Waals surface area contributed by atoms with Crippen LogP contribution in [-0.4, -0.2) is 32.4 Å². The van der Waals surface area contributed by atoms with Crippen molar-refractivity contribution in [2.24, 2.45) is 58.2 Å². The Balaban J connectivity index is 1.17. The number of aromatic carboxylic acids is 2. The first-order chi connectivity index (χ1) is 25.0. The van der Waals surface area contributed by atoms with Gasteiger partial charge in [0.05, 0.1) is 10.0 Å². The molecular formula is C45H60Cl2O6. The first-order valence-corrected chi connectivity index (χ1v) is 21.0. The van der Waals surface area contributed by atoms with Gasteiger partial charge in [-0.1, -0.05) is 83.2 Å². The third-order valence-electron chi connectivity index (χ3n) is 15.1. The number of hydrogen-bond donors (Lipinski definition) is 4. The highest BCUT2D eigenvalue weighted by atomic mass is 35.5. The van der Waals surface area contributed by atoms with Crippen LogP contribution in [0.1, 0.15) is 156 Å². The predicted molar refractivity (Wildman–Crippen MR) is 213 cm³/mol. The molecular weight excluding hydrogens is 707 g/mol. The molecule has 4 N–H and O–H groups in total. The molecule has 8 heteroatoms. The number of carboxylic acids is 2. The van der Waals surface area contributed by atoms with Gasteiger partial charge in [0.2, 0.25) is 0 Å². The summed E-state index contributed by atoms with van der Waals surface area (Å²) in [7, 11) is 0. The average molecular weight is 768 g/mol. The number of phenols is 2. The summed E-state index contributed by atoms with van der Waals surface area (Å²) in [5, 5.41) is 40.0. The van der Waals surface area contributed by atoms with Gasteiger partial charge in [-0.25, -0.2) is 9.59 Å². The summed E-state index contributed by atoms with van der Waals surface area (Å²) in [4.78, 5) is 23.9. The molecule has 0 aromatic heterocycles. The Labute approximate surface area is 326 Å². The molecule has 4 aliphatic rings. The Kier molecular flexibility index (Phi) is 11.9. The van der Waals surface area contributed by atoms with Gasteiger partial charge in [0.15, 0.2) is 0 Å². The van der Waals surface area contributed by atoms with Gasteiger partial charge < -0.3 is 20.4 Å². The van der Waals surface area contributed by atoms with E-state index in [0.29, 0.717) is 39.9 Å². The Hall–Kier alpha value is -2.70. The van der Waals surface area contributed by atoms with Crippen molar-refractivity contribution in [2.45, 2.75) is 125 Å². The number of halogens is 2. The highest BCUT2D eigenvalue weighted by Gasteiger charge is 2.60. The van der Waals surface area contributed by atoms with Crippen molar-refractivity contribution in [3.63, 3.8) is 0 Å². The summed E-state index contributed by atoms with van der Waals surface area (Å²) in [6, 6.07) is 5.65. The number of aromatic hydroxyl groups is 2. The summed E-state index contributed by atoms with van der Waals surface area (Å²) >= 11 is 12.6. The molecule has 2 aromatic rings. The van der Waals surface area contributed by atoms with Crippen molar-refractivity contribution in [1.82, 2.24) is 0 Å². The Bertz CT molecular complexity index is 1660. The third-order valence-corrected chi connectivity index (χ3v) is 15.7. The lowest BCUT2D eigenvalue weighted by atomic mass is 9.44. The van der Waals surface area contributed by atoms with E-state index in [-0.39, 0.29) is 21.2 Å². The van der Waals surface area contributed by atoms with Gasteiger partial charge in [-0.2, -0.15) is 0 Å². The van der Waals surface area contributed by atoms with E-state index in [1.54, 1.807) is 0 Å². The van der Waals surface area contributed by atoms with Crippen molar-refractivity contribution >= 4 is 40.7 Å². The van der Waals surface area contributed by atoms with E-state index in [1.807, 2.05) is 6.08 Å². The Morgan fingerprint density at radius 2 is 1.38 bits per heavy atom. The van der Waals surface area contributed by atoms with Crippen LogP contribution in [0.3, 0.4) is 0 Å². The van der Waals surface area contributed by atoms with Crippen LogP contribution in [0.5, 0.6) is 11.5 Å². The maximum atomic E-state index is 12.0. The fraction of sp³-hybridized carbons (Fsp3) is 0.644. The van der Waals surface area contributed by atoms with Crippen molar-refractivity contribution in [1.29, 1.82) is 0 Å². The molecule has 0 aliphatic heterocycles. The fourth-order valence-electron chi connectivity index (χ4n) is 12.3. The standard InChI is InChI=1S/C45H60Cl2O6/c1-25(2)8-6-9-26(3)35-14-15-36-32-13-12-30-20-27(16-18-44(30,4)37(32)17-19-45(35,36)5)10-7-11-31(28-21-33(42(50)51)40(48)38(46)23-28)29-22-34(43(52)53)41(49)39(47)24-29/h11,21-27,30,32,35-37,48-49H,6-10,12-20H2,1-5H3,(H,50,51)(H,52,53)/t26?,27-,30-,32+,35+,36-,37-,44-,45+/m0/s1. The number of carbonyl (C=O) groups is 2. The monoisotopic (exact) mass is 766 g/mol. The maximum Gasteiger partial charge on any atom is 0.339 e. The van der Waals surface area contributed by atoms with Crippen LogP contribution < -0.4 is 0 Å². The minimum atomic E-state index is -1.33. The van der Waals surface area contributed by atoms with Gasteiger partial charge in [-0.15, -0.1) is 0 Å². The highest BCUT2D eigenvalue weighted by Crippen LogP contribution is 2.69. The number of fused-ring (bicyclic) bond motifs is 5. The first kappa shape index (κ1) is 40.0. The summed E-state index contributed by atoms with van der Waals surface area (Å²) in [6.07, 6.45) is 19.8. The number of carboxylic acid groups (broad SMARTS) is 2. The number of allylic oxidation sites excluding steroid dienone is 1. The topological polar surface area (TPSA) is 115 Å². The van der Waals surface area contributed by atoms with Crippen LogP contribution in [0.2, 0.25) is 10.0 Å². The van der Waals surface area contributed by atoms with E-state index in [0.717, 1.165) is 47.8 Å². The molecule has 2 aromatic carbocycles. The first-order valence-electron chi connectivity index (χ1n) is 20.3. The van der Waals surface area contributed by atoms with E-state index in [4.69, 9.17) is 23.2 Å². The second-order valence-electron chi connectivity index (χ2n) is 18.3. The zero-order valence-corrected chi connectivity index (χ0v) is 33.8. The SMILES string of the molecule is CC(C)CCCC(C)[C@H]1CC[C@H]2[C@H]3CC[C@H]4C[C@@H](CCC=C(c5cc(Cl)c(O)c(C(=O)O)c5)c5cc(Cl)c(O)c(C(=O)O)c5)CC[C@]4(C)[C@H]3CC[C@]12C. The molecule has 0 spiro atoms. The van der Waals surface area contributed by atoms with Crippen LogP contribution in [0.4, 0.5) is 0 Å². The van der Waals surface area contributed by atoms with E-state index >= 15 is 0 Å². The third kappa shape index (κ3) is 7.75. The molecule has 4 aliphatic carbocycles. The quantitative estimate of drug-likeness (QED) is 0.171. The molecule has 6 rings (SSSR count). The molecule has 53 heavy (non-hydrogen) atoms. The van der Waals surface area contributed by atoms with Gasteiger partial charge in [-0.05, 0) is 170 Å². The lowest BCUT2D eigenvalue weighted by molar-refractivity contribution is -0.121. The van der Waals surface area contributed by atoms with Gasteiger partial charge in [0.25, 0.3) is 0 Å². The molecule has 0 amide bonds. The maximum absolute atomic E-state index is 12.0. The summed E-state index contributed by atoms with van der Waals surface area (Å²) < 4.78 is 0. The van der Waals surface area contributed by atoms with Gasteiger partial charge in [0, 0.05) is 0 Å². The number of rotatable bonds is 12. The van der Waals surface area contributed by atoms with Gasteiger partial charge >= 0.3 is 11.9 Å². The molecule has 0 heterocycles. The molecule has 1 unspecified atom stereocenters. The molecule has 0 radical (unpaired) electrons. The van der Waals surface area contributed by atoms with Gasteiger partial charge in [0.1, 0.15) is 22.6 Å². The summed E-state index contributed by atoms with van der Waals surface area (Å²) in [6.45, 7) is 12.6. The van der Waals surface area contributed by atoms with Gasteiger partial charge in [-0.3, -0.25) is 0 Å². The van der Waals surface area contributed by atoms with Crippen molar-refractivity contribution in [3.05, 3.63) is 62.6 Å². The van der Waals surface area contributed by atoms with E-state index in [2.05, 4.69) is 34.6 Å². The van der Waals surface area contributed by atoms with Crippen molar-refractivity contribution in [3.8, 4) is 11.5 Å². The van der Waals surface area contributed by atoms with E-state index in [9.17, 15) is 30.0 Å². The summed E-state index contributed by atoms with van der Waals surface area (Å²) in [5.74, 6) is 2.64. The Morgan fingerprint density at radius 1 is 0.792 bits per heavy atom. The van der Waals surface area contributed by atoms with Crippen LogP contribution in [-0.2, 0) is 0 Å². The molecule has 4 fully saturated rings. The van der Waals surface area contributed by atoms with Crippen LogP contribution in [0.15, 0.2) is 30.3 Å². The smallest absolute Gasteiger partial charge is 0.339 e. The second kappa shape index (κ2) is 15.8. The van der Waals surface area contributed by atoms with E-state index in [1.165, 1.54) is 101 Å². The molecule has 0 saturated heterocycles. The molecule has 6 nitrogen and oxygen atoms in total. The lowest BCUT2D eigenvalue weighted by Gasteiger charge is -2.61. The van der Waals surface area contributed by atoms with Crippen LogP contribution in [0, 0.1) is 58.2 Å². The fourth-order valence-corrected chi connectivity index (χ4v) is 12.8. The predicted octanol–water partition coefficient (Wildman–Crippen LogP) is 12.8. The zero-order valence-electron chi connectivity index (χ0n) is 32.3. The highest BCUT2D eigenvalue weighted by molar-refractivity contribution is 6.33. The molecule has 290 valence electrons. The largest absolute Gasteiger partial charge is 0.505 e. The lowest BCUT2D eigenvalue weighted by Crippen LogP contribution is -2.53. The van der Waals surface area contributed by atoms with Crippen LogP contribution >= 0.6 is 23.2 Å². The normalized spacial score (nSPS) is 31.3.